The fraction of sp³-hybridized carbons (Fsp3) is 0.0667. The van der Waals surface area contributed by atoms with E-state index in [-0.39, 0.29) is 0 Å². The second-order valence-electron chi connectivity index (χ2n) is 8.44. The van der Waals surface area contributed by atoms with Gasteiger partial charge in [0.25, 0.3) is 0 Å². The summed E-state index contributed by atoms with van der Waals surface area (Å²) >= 11 is 3.27. The molecule has 0 saturated carbocycles. The van der Waals surface area contributed by atoms with E-state index in [1.165, 1.54) is 0 Å². The van der Waals surface area contributed by atoms with Crippen molar-refractivity contribution in [2.75, 3.05) is 14.2 Å². The van der Waals surface area contributed by atoms with Crippen molar-refractivity contribution in [1.82, 2.24) is 0 Å². The molecule has 38 heavy (non-hydrogen) atoms. The molecule has 190 valence electrons. The maximum absolute atomic E-state index is 11.2. The van der Waals surface area contributed by atoms with Crippen molar-refractivity contribution in [1.29, 1.82) is 0 Å². The molecule has 8 heteroatoms. The highest BCUT2D eigenvalue weighted by Gasteiger charge is 2.25. The number of methoxy groups -OCH3 is 2. The third kappa shape index (κ3) is 5.03. The first kappa shape index (κ1) is 25.0. The van der Waals surface area contributed by atoms with Gasteiger partial charge in [-0.05, 0) is 71.8 Å². The average molecular weight is 559 g/mol. The Bertz CT molecular complexity index is 1470. The molecule has 0 spiro atoms. The highest BCUT2D eigenvalue weighted by Crippen LogP contribution is 2.51. The van der Waals surface area contributed by atoms with Crippen molar-refractivity contribution in [3.05, 3.63) is 107 Å². The number of hydrogen-bond acceptors (Lipinski definition) is 7. The summed E-state index contributed by atoms with van der Waals surface area (Å²) in [6.45, 7) is 0. The van der Waals surface area contributed by atoms with Crippen molar-refractivity contribution in [2.45, 2.75) is 19.6 Å². The van der Waals surface area contributed by atoms with Crippen LogP contribution in [0, 0.1) is 0 Å². The number of rotatable bonds is 6. The van der Waals surface area contributed by atoms with Crippen LogP contribution in [0.4, 0.5) is 0 Å². The molecular formula is C30H23O5PS2. The molecule has 0 radical (unpaired) electrons. The predicted octanol–water partition coefficient (Wildman–Crippen LogP) is 8.58. The maximum Gasteiger partial charge on any atom is 0.460 e. The highest BCUT2D eigenvalue weighted by atomic mass is 32.2. The van der Waals surface area contributed by atoms with Crippen molar-refractivity contribution in [3.63, 3.8) is 0 Å². The molecule has 6 rings (SSSR count). The minimum atomic E-state index is -2.32. The van der Waals surface area contributed by atoms with Crippen LogP contribution in [0.2, 0.25) is 0 Å². The molecule has 0 aliphatic carbocycles. The van der Waals surface area contributed by atoms with E-state index in [4.69, 9.17) is 18.5 Å². The van der Waals surface area contributed by atoms with Crippen molar-refractivity contribution in [2.24, 2.45) is 0 Å². The van der Waals surface area contributed by atoms with Gasteiger partial charge in [0.15, 0.2) is 0 Å². The number of ether oxygens (including phenoxy) is 2. The zero-order chi connectivity index (χ0) is 26.1. The zero-order valence-corrected chi connectivity index (χ0v) is 23.1. The standard InChI is InChI=1S/C30H23O5PS2/c1-32-21-11-13-23-25(15-19-7-3-5-9-27(19)37-29(23)17-21)34-36(31)35-26-16-20-8-4-6-10-28(20)38-30-18-22(33-2)12-14-24(26)30/h3-18,31H,1-2H3. The molecule has 0 amide bonds. The van der Waals surface area contributed by atoms with Gasteiger partial charge in [0.2, 0.25) is 0 Å². The molecule has 0 atom stereocenters. The van der Waals surface area contributed by atoms with Crippen LogP contribution in [-0.4, -0.2) is 19.1 Å². The van der Waals surface area contributed by atoms with Crippen molar-refractivity contribution in [3.8, 4) is 11.5 Å². The summed E-state index contributed by atoms with van der Waals surface area (Å²) in [7, 11) is 0.979. The van der Waals surface area contributed by atoms with Gasteiger partial charge in [-0.25, -0.2) is 0 Å². The number of hydrogen-bond donors (Lipinski definition) is 1. The van der Waals surface area contributed by atoms with E-state index >= 15 is 0 Å². The number of benzene rings is 4. The van der Waals surface area contributed by atoms with E-state index in [0.717, 1.165) is 53.3 Å². The van der Waals surface area contributed by atoms with Gasteiger partial charge in [0, 0.05) is 30.7 Å². The van der Waals surface area contributed by atoms with Gasteiger partial charge < -0.3 is 23.4 Å². The van der Waals surface area contributed by atoms with E-state index in [1.807, 2.05) is 84.9 Å². The van der Waals surface area contributed by atoms with Crippen LogP contribution in [0.1, 0.15) is 22.3 Å². The maximum atomic E-state index is 11.2. The predicted molar refractivity (Wildman–Crippen MR) is 154 cm³/mol. The van der Waals surface area contributed by atoms with Gasteiger partial charge in [-0.3, -0.25) is 0 Å². The third-order valence-electron chi connectivity index (χ3n) is 6.11. The van der Waals surface area contributed by atoms with Crippen molar-refractivity contribution >= 4 is 55.8 Å². The SMILES string of the molecule is COc1ccc2c(c1)Sc1ccccc1C=C2OP(O)OC1=Cc2ccccc2Sc2cc(OC)ccc21. The molecule has 0 bridgehead atoms. The minimum absolute atomic E-state index is 0.535. The van der Waals surface area contributed by atoms with Crippen LogP contribution >= 0.6 is 32.1 Å². The van der Waals surface area contributed by atoms with Crippen LogP contribution in [0.25, 0.3) is 23.7 Å². The lowest BCUT2D eigenvalue weighted by Gasteiger charge is -2.18. The summed E-state index contributed by atoms with van der Waals surface area (Å²) in [6.07, 6.45) is 3.89. The fourth-order valence-electron chi connectivity index (χ4n) is 4.23. The van der Waals surface area contributed by atoms with Gasteiger partial charge in [-0.1, -0.05) is 59.9 Å². The van der Waals surface area contributed by atoms with E-state index in [2.05, 4.69) is 12.1 Å². The zero-order valence-electron chi connectivity index (χ0n) is 20.6. The lowest BCUT2D eigenvalue weighted by atomic mass is 10.1. The smallest absolute Gasteiger partial charge is 0.460 e. The van der Waals surface area contributed by atoms with Gasteiger partial charge in [0.1, 0.15) is 23.0 Å². The minimum Gasteiger partial charge on any atom is -0.497 e. The topological polar surface area (TPSA) is 57.2 Å². The molecule has 1 N–H and O–H groups in total. The molecule has 2 heterocycles. The molecule has 2 aliphatic rings. The summed E-state index contributed by atoms with van der Waals surface area (Å²) in [6, 6.07) is 27.8. The Morgan fingerprint density at radius 2 is 1.03 bits per heavy atom. The second-order valence-corrected chi connectivity index (χ2v) is 11.4. The van der Waals surface area contributed by atoms with Crippen LogP contribution in [0.5, 0.6) is 11.5 Å². The quantitative estimate of drug-likeness (QED) is 0.238. The monoisotopic (exact) mass is 558 g/mol. The van der Waals surface area contributed by atoms with Gasteiger partial charge in [-0.15, -0.1) is 0 Å². The summed E-state index contributed by atoms with van der Waals surface area (Å²) in [5.74, 6) is 2.58. The third-order valence-corrected chi connectivity index (χ3v) is 9.12. The first-order valence-corrected chi connectivity index (χ1v) is 14.6. The summed E-state index contributed by atoms with van der Waals surface area (Å²) in [4.78, 5) is 15.3. The molecular weight excluding hydrogens is 535 g/mol. The van der Waals surface area contributed by atoms with Crippen LogP contribution in [-0.2, 0) is 9.05 Å². The summed E-state index contributed by atoms with van der Waals surface area (Å²) in [5.41, 5.74) is 3.72. The lowest BCUT2D eigenvalue weighted by molar-refractivity contribution is 0.348. The highest BCUT2D eigenvalue weighted by molar-refractivity contribution is 7.99. The number of fused-ring (bicyclic) bond motifs is 4. The van der Waals surface area contributed by atoms with E-state index in [0.29, 0.717) is 11.5 Å². The van der Waals surface area contributed by atoms with E-state index < -0.39 is 8.60 Å². The average Bonchev–Trinajstić information content (AvgIpc) is 3.19. The van der Waals surface area contributed by atoms with Gasteiger partial charge in [0.05, 0.1) is 14.2 Å². The normalized spacial score (nSPS) is 13.5. The Kier molecular flexibility index (Phi) is 7.09. The molecule has 0 fully saturated rings. The fourth-order valence-corrected chi connectivity index (χ4v) is 7.07. The van der Waals surface area contributed by atoms with Crippen LogP contribution in [0.3, 0.4) is 0 Å². The van der Waals surface area contributed by atoms with E-state index in [1.54, 1.807) is 37.7 Å². The Labute approximate surface area is 231 Å². The molecule has 0 aromatic heterocycles. The van der Waals surface area contributed by atoms with Gasteiger partial charge in [-0.2, -0.15) is 0 Å². The Morgan fingerprint density at radius 3 is 1.47 bits per heavy atom. The van der Waals surface area contributed by atoms with Crippen LogP contribution in [0.15, 0.2) is 105 Å². The first-order chi connectivity index (χ1) is 18.6. The Morgan fingerprint density at radius 1 is 0.579 bits per heavy atom. The molecule has 5 nitrogen and oxygen atoms in total. The van der Waals surface area contributed by atoms with Crippen LogP contribution < -0.4 is 9.47 Å². The molecule has 0 unspecified atom stereocenters. The molecule has 4 aromatic carbocycles. The second kappa shape index (κ2) is 10.8. The molecule has 4 aromatic rings. The first-order valence-electron chi connectivity index (χ1n) is 11.8. The largest absolute Gasteiger partial charge is 0.497 e. The Balaban J connectivity index is 1.36. The van der Waals surface area contributed by atoms with E-state index in [9.17, 15) is 4.89 Å². The Hall–Kier alpha value is -3.35. The molecule has 2 aliphatic heterocycles. The summed E-state index contributed by atoms with van der Waals surface area (Å²) in [5, 5.41) is 0. The lowest BCUT2D eigenvalue weighted by Crippen LogP contribution is -1.95. The summed E-state index contributed by atoms with van der Waals surface area (Å²) < 4.78 is 23.2. The molecule has 0 saturated heterocycles. The van der Waals surface area contributed by atoms with Crippen molar-refractivity contribution < 1.29 is 23.4 Å². The van der Waals surface area contributed by atoms with Gasteiger partial charge >= 0.3 is 8.60 Å².